The molecule has 1 fully saturated rings. The summed E-state index contributed by atoms with van der Waals surface area (Å²) in [6.45, 7) is 0. The van der Waals surface area contributed by atoms with Gasteiger partial charge in [0, 0.05) is 35.5 Å². The van der Waals surface area contributed by atoms with E-state index in [9.17, 15) is 13.6 Å². The van der Waals surface area contributed by atoms with Gasteiger partial charge in [-0.05, 0) is 30.5 Å². The van der Waals surface area contributed by atoms with Gasteiger partial charge in [-0.2, -0.15) is 0 Å². The zero-order chi connectivity index (χ0) is 13.3. The molecule has 0 bridgehead atoms. The first-order chi connectivity index (χ1) is 8.35. The average Bonchev–Trinajstić information content (AvgIpc) is 2.56. The molecule has 98 valence electrons. The molecule has 0 radical (unpaired) electrons. The van der Waals surface area contributed by atoms with Gasteiger partial charge in [-0.15, -0.1) is 0 Å². The molecule has 2 rings (SSSR count). The highest BCUT2D eigenvalue weighted by molar-refractivity contribution is 6.31. The summed E-state index contributed by atoms with van der Waals surface area (Å²) in [4.78, 5) is 12.0. The lowest BCUT2D eigenvalue weighted by molar-refractivity contribution is 0.00497. The molecule has 5 heteroatoms. The number of nitrogens with two attached hydrogens (primary N) is 1. The normalized spacial score (nSPS) is 22.1. The van der Waals surface area contributed by atoms with Crippen molar-refractivity contribution >= 4 is 23.1 Å². The van der Waals surface area contributed by atoms with Crippen molar-refractivity contribution in [2.45, 2.75) is 31.6 Å². The number of anilines is 1. The molecule has 1 aromatic carbocycles. The van der Waals surface area contributed by atoms with Crippen LogP contribution in [-0.4, -0.2) is 11.7 Å². The van der Waals surface area contributed by atoms with E-state index in [0.29, 0.717) is 22.7 Å². The topological polar surface area (TPSA) is 43.1 Å². The van der Waals surface area contributed by atoms with E-state index in [1.165, 1.54) is 12.1 Å². The summed E-state index contributed by atoms with van der Waals surface area (Å²) in [5.74, 6) is -3.03. The molecule has 2 N–H and O–H groups in total. The number of alkyl halides is 2. The molecule has 1 atom stereocenters. The van der Waals surface area contributed by atoms with Crippen molar-refractivity contribution in [2.75, 3.05) is 5.73 Å². The fraction of sp³-hybridized carbons (Fsp3) is 0.462. The van der Waals surface area contributed by atoms with Crippen molar-refractivity contribution in [2.24, 2.45) is 5.92 Å². The van der Waals surface area contributed by atoms with Crippen LogP contribution in [0, 0.1) is 5.92 Å². The number of halogens is 3. The van der Waals surface area contributed by atoms with Gasteiger partial charge in [-0.1, -0.05) is 11.6 Å². The van der Waals surface area contributed by atoms with Crippen LogP contribution in [-0.2, 0) is 0 Å². The van der Waals surface area contributed by atoms with Crippen molar-refractivity contribution in [3.8, 4) is 0 Å². The summed E-state index contributed by atoms with van der Waals surface area (Å²) < 4.78 is 26.0. The molecule has 18 heavy (non-hydrogen) atoms. The van der Waals surface area contributed by atoms with Crippen molar-refractivity contribution in [1.82, 2.24) is 0 Å². The zero-order valence-corrected chi connectivity index (χ0v) is 10.5. The van der Waals surface area contributed by atoms with Crippen LogP contribution in [0.25, 0.3) is 0 Å². The van der Waals surface area contributed by atoms with E-state index in [4.69, 9.17) is 17.3 Å². The number of Topliss-reactive ketones (excluding diaryl/α,β-unsaturated/α-hetero) is 1. The van der Waals surface area contributed by atoms with Crippen LogP contribution in [0.1, 0.15) is 36.0 Å². The van der Waals surface area contributed by atoms with E-state index in [1.54, 1.807) is 6.07 Å². The first-order valence-corrected chi connectivity index (χ1v) is 6.21. The van der Waals surface area contributed by atoms with Gasteiger partial charge in [0.2, 0.25) is 5.92 Å². The fourth-order valence-corrected chi connectivity index (χ4v) is 2.61. The molecule has 0 amide bonds. The number of hydrogen-bond donors (Lipinski definition) is 1. The van der Waals surface area contributed by atoms with E-state index < -0.39 is 5.92 Å². The highest BCUT2D eigenvalue weighted by Crippen LogP contribution is 2.40. The van der Waals surface area contributed by atoms with E-state index in [1.807, 2.05) is 0 Å². The molecule has 0 aliphatic heterocycles. The Morgan fingerprint density at radius 2 is 2.17 bits per heavy atom. The van der Waals surface area contributed by atoms with Gasteiger partial charge in [-0.3, -0.25) is 4.79 Å². The van der Waals surface area contributed by atoms with Gasteiger partial charge in [-0.25, -0.2) is 8.78 Å². The van der Waals surface area contributed by atoms with E-state index >= 15 is 0 Å². The maximum atomic E-state index is 13.0. The predicted molar refractivity (Wildman–Crippen MR) is 67.1 cm³/mol. The second-order valence-electron chi connectivity index (χ2n) is 4.87. The Bertz CT molecular complexity index is 456. The predicted octanol–water partition coefficient (Wildman–Crippen LogP) is 3.93. The summed E-state index contributed by atoms with van der Waals surface area (Å²) in [5.41, 5.74) is 6.40. The Morgan fingerprint density at radius 3 is 2.72 bits per heavy atom. The molecule has 0 spiro atoms. The molecular weight excluding hydrogens is 260 g/mol. The molecule has 1 aliphatic rings. The minimum absolute atomic E-state index is 0.122. The first kappa shape index (κ1) is 13.3. The van der Waals surface area contributed by atoms with E-state index in [-0.39, 0.29) is 31.0 Å². The van der Waals surface area contributed by atoms with Crippen LogP contribution in [0.4, 0.5) is 14.5 Å². The maximum absolute atomic E-state index is 13.0. The number of nitrogen functional groups attached to an aromatic ring is 1. The van der Waals surface area contributed by atoms with Crippen LogP contribution >= 0.6 is 11.6 Å². The van der Waals surface area contributed by atoms with Gasteiger partial charge in [0.05, 0.1) is 0 Å². The standard InChI is InChI=1S/C13H14ClF2NO/c14-10-4-9(5-11(17)6-10)12(18)3-8-1-2-13(15,16)7-8/h4-6,8H,1-3,7,17H2. The summed E-state index contributed by atoms with van der Waals surface area (Å²) in [6.07, 6.45) is 0.210. The second-order valence-corrected chi connectivity index (χ2v) is 5.30. The van der Waals surface area contributed by atoms with Crippen molar-refractivity contribution in [1.29, 1.82) is 0 Å². The molecule has 0 saturated heterocycles. The molecule has 1 saturated carbocycles. The number of benzene rings is 1. The van der Waals surface area contributed by atoms with Gasteiger partial charge in [0.25, 0.3) is 0 Å². The highest BCUT2D eigenvalue weighted by Gasteiger charge is 2.39. The lowest BCUT2D eigenvalue weighted by Crippen LogP contribution is -2.12. The molecule has 0 aromatic heterocycles. The van der Waals surface area contributed by atoms with Crippen LogP contribution in [0.3, 0.4) is 0 Å². The quantitative estimate of drug-likeness (QED) is 0.670. The van der Waals surface area contributed by atoms with Crippen molar-refractivity contribution in [3.63, 3.8) is 0 Å². The van der Waals surface area contributed by atoms with E-state index in [0.717, 1.165) is 0 Å². The summed E-state index contributed by atoms with van der Waals surface area (Å²) in [7, 11) is 0. The number of carbonyl (C=O) groups is 1. The largest absolute Gasteiger partial charge is 0.399 e. The lowest BCUT2D eigenvalue weighted by atomic mass is 9.96. The van der Waals surface area contributed by atoms with Crippen LogP contribution in [0.2, 0.25) is 5.02 Å². The number of hydrogen-bond acceptors (Lipinski definition) is 2. The molecular formula is C13H14ClF2NO. The second kappa shape index (κ2) is 4.84. The van der Waals surface area contributed by atoms with Crippen LogP contribution < -0.4 is 5.73 Å². The third kappa shape index (κ3) is 3.19. The molecule has 2 nitrogen and oxygen atoms in total. The van der Waals surface area contributed by atoms with Crippen LogP contribution in [0.15, 0.2) is 18.2 Å². The maximum Gasteiger partial charge on any atom is 0.248 e. The van der Waals surface area contributed by atoms with Gasteiger partial charge in [0.1, 0.15) is 0 Å². The molecule has 1 aliphatic carbocycles. The Kier molecular flexibility index (Phi) is 3.57. The smallest absolute Gasteiger partial charge is 0.248 e. The SMILES string of the molecule is Nc1cc(Cl)cc(C(=O)CC2CCC(F)(F)C2)c1. The minimum Gasteiger partial charge on any atom is -0.399 e. The van der Waals surface area contributed by atoms with Gasteiger partial charge < -0.3 is 5.73 Å². The summed E-state index contributed by atoms with van der Waals surface area (Å²) in [5, 5.41) is 0.384. The van der Waals surface area contributed by atoms with Crippen LogP contribution in [0.5, 0.6) is 0 Å². The zero-order valence-electron chi connectivity index (χ0n) is 9.76. The molecule has 1 unspecified atom stereocenters. The lowest BCUT2D eigenvalue weighted by Gasteiger charge is -2.10. The Labute approximate surface area is 109 Å². The number of rotatable bonds is 3. The highest BCUT2D eigenvalue weighted by atomic mass is 35.5. The molecule has 0 heterocycles. The van der Waals surface area contributed by atoms with Crippen molar-refractivity contribution in [3.05, 3.63) is 28.8 Å². The molecule has 1 aromatic rings. The monoisotopic (exact) mass is 273 g/mol. The van der Waals surface area contributed by atoms with E-state index in [2.05, 4.69) is 0 Å². The fourth-order valence-electron chi connectivity index (χ4n) is 2.37. The first-order valence-electron chi connectivity index (χ1n) is 5.83. The third-order valence-electron chi connectivity index (χ3n) is 3.22. The van der Waals surface area contributed by atoms with Crippen molar-refractivity contribution < 1.29 is 13.6 Å². The summed E-state index contributed by atoms with van der Waals surface area (Å²) >= 11 is 5.80. The average molecular weight is 274 g/mol. The van der Waals surface area contributed by atoms with Gasteiger partial charge >= 0.3 is 0 Å². The number of ketones is 1. The minimum atomic E-state index is -2.61. The Morgan fingerprint density at radius 1 is 1.44 bits per heavy atom. The Hall–Kier alpha value is -1.16. The summed E-state index contributed by atoms with van der Waals surface area (Å²) in [6, 6.07) is 4.59. The third-order valence-corrected chi connectivity index (χ3v) is 3.44. The van der Waals surface area contributed by atoms with Gasteiger partial charge in [0.15, 0.2) is 5.78 Å². The Balaban J connectivity index is 2.04. The number of carbonyl (C=O) groups excluding carboxylic acids is 1.